The molecule has 0 radical (unpaired) electrons. The van der Waals surface area contributed by atoms with E-state index < -0.39 is 18.1 Å². The fraction of sp³-hybridized carbons (Fsp3) is 0.300. The molecule has 0 aromatic heterocycles. The summed E-state index contributed by atoms with van der Waals surface area (Å²) in [5.41, 5.74) is 6.44. The zero-order valence-corrected chi connectivity index (χ0v) is 8.54. The number of carbonyl (C=O) groups excluding carboxylic acids is 1. The Morgan fingerprint density at radius 3 is 2.82 bits per heavy atom. The molecule has 1 heterocycles. The van der Waals surface area contributed by atoms with Crippen molar-refractivity contribution in [3.05, 3.63) is 18.2 Å². The van der Waals surface area contributed by atoms with Crippen LogP contribution in [0.4, 0.5) is 24.5 Å². The molecule has 92 valence electrons. The number of nitrogens with two attached hydrogens (primary N) is 1. The number of halogens is 3. The third kappa shape index (κ3) is 2.27. The quantitative estimate of drug-likeness (QED) is 0.738. The summed E-state index contributed by atoms with van der Waals surface area (Å²) < 4.78 is 41.6. The van der Waals surface area contributed by atoms with E-state index in [4.69, 9.17) is 10.5 Å². The molecule has 0 spiro atoms. The number of ketones is 1. The van der Waals surface area contributed by atoms with Crippen molar-refractivity contribution in [3.8, 4) is 5.75 Å². The third-order valence-electron chi connectivity index (χ3n) is 2.32. The van der Waals surface area contributed by atoms with Gasteiger partial charge in [0, 0.05) is 5.69 Å². The predicted octanol–water partition coefficient (Wildman–Crippen LogP) is 1.57. The zero-order valence-electron chi connectivity index (χ0n) is 8.54. The van der Waals surface area contributed by atoms with Crippen LogP contribution in [-0.4, -0.2) is 24.6 Å². The van der Waals surface area contributed by atoms with Gasteiger partial charge >= 0.3 is 6.18 Å². The van der Waals surface area contributed by atoms with E-state index in [9.17, 15) is 18.0 Å². The van der Waals surface area contributed by atoms with Gasteiger partial charge in [0.25, 0.3) is 5.78 Å². The number of fused-ring (bicyclic) bond motifs is 1. The Bertz CT molecular complexity index is 459. The molecule has 1 aromatic rings. The lowest BCUT2D eigenvalue weighted by molar-refractivity contribution is -0.177. The monoisotopic (exact) mass is 246 g/mol. The van der Waals surface area contributed by atoms with E-state index in [0.717, 1.165) is 0 Å². The van der Waals surface area contributed by atoms with Crippen LogP contribution < -0.4 is 15.8 Å². The van der Waals surface area contributed by atoms with E-state index in [-0.39, 0.29) is 12.3 Å². The summed E-state index contributed by atoms with van der Waals surface area (Å²) >= 11 is 0. The Hall–Kier alpha value is -1.92. The number of alkyl halides is 3. The topological polar surface area (TPSA) is 64.3 Å². The molecule has 0 saturated heterocycles. The number of ether oxygens (including phenoxy) is 1. The lowest BCUT2D eigenvalue weighted by atomic mass is 10.1. The lowest BCUT2D eigenvalue weighted by Crippen LogP contribution is -2.44. The zero-order chi connectivity index (χ0) is 12.6. The van der Waals surface area contributed by atoms with Crippen molar-refractivity contribution in [2.45, 2.75) is 12.3 Å². The smallest absolute Gasteiger partial charge is 0.454 e. The van der Waals surface area contributed by atoms with Gasteiger partial charge in [0.1, 0.15) is 5.75 Å². The number of hydrogen-bond acceptors (Lipinski definition) is 4. The highest BCUT2D eigenvalue weighted by molar-refractivity contribution is 5.90. The summed E-state index contributed by atoms with van der Waals surface area (Å²) in [5.74, 6) is -1.71. The van der Waals surface area contributed by atoms with Crippen molar-refractivity contribution in [3.63, 3.8) is 0 Å². The van der Waals surface area contributed by atoms with E-state index >= 15 is 0 Å². The van der Waals surface area contributed by atoms with Gasteiger partial charge < -0.3 is 15.8 Å². The number of hydrogen-bond donors (Lipinski definition) is 2. The number of Topliss-reactive ketones (excluding diaryl/α,β-unsaturated/α-hetero) is 1. The van der Waals surface area contributed by atoms with Gasteiger partial charge in [0.15, 0.2) is 6.10 Å². The highest BCUT2D eigenvalue weighted by Crippen LogP contribution is 2.32. The number of anilines is 2. The second-order valence-corrected chi connectivity index (χ2v) is 3.61. The first-order chi connectivity index (χ1) is 7.88. The predicted molar refractivity (Wildman–Crippen MR) is 54.8 cm³/mol. The van der Waals surface area contributed by atoms with Gasteiger partial charge in [0.05, 0.1) is 12.2 Å². The molecule has 1 aromatic carbocycles. The van der Waals surface area contributed by atoms with Crippen molar-refractivity contribution in [2.24, 2.45) is 0 Å². The first kappa shape index (κ1) is 11.6. The van der Waals surface area contributed by atoms with Crippen molar-refractivity contribution < 1.29 is 22.7 Å². The lowest BCUT2D eigenvalue weighted by Gasteiger charge is -2.27. The van der Waals surface area contributed by atoms with Crippen LogP contribution in [0.2, 0.25) is 0 Å². The maximum absolute atomic E-state index is 12.2. The van der Waals surface area contributed by atoms with Crippen LogP contribution in [0.3, 0.4) is 0 Å². The molecule has 4 nitrogen and oxygen atoms in total. The number of nitrogens with one attached hydrogen (secondary N) is 1. The maximum atomic E-state index is 12.2. The molecule has 0 saturated carbocycles. The largest absolute Gasteiger partial charge is 0.478 e. The van der Waals surface area contributed by atoms with E-state index in [0.29, 0.717) is 11.4 Å². The molecule has 3 N–H and O–H groups in total. The maximum Gasteiger partial charge on any atom is 0.454 e. The molecule has 7 heteroatoms. The van der Waals surface area contributed by atoms with Crippen LogP contribution in [0, 0.1) is 0 Å². The molecule has 1 atom stereocenters. The normalized spacial score (nSPS) is 18.9. The molecule has 0 bridgehead atoms. The van der Waals surface area contributed by atoms with Crippen LogP contribution >= 0.6 is 0 Å². The van der Waals surface area contributed by atoms with Crippen LogP contribution in [-0.2, 0) is 4.79 Å². The van der Waals surface area contributed by atoms with E-state index in [2.05, 4.69) is 5.32 Å². The average molecular weight is 246 g/mol. The second kappa shape index (κ2) is 3.83. The molecular formula is C10H9F3N2O2. The molecule has 0 aliphatic carbocycles. The fourth-order valence-electron chi connectivity index (χ4n) is 1.51. The third-order valence-corrected chi connectivity index (χ3v) is 2.32. The molecule has 1 aliphatic heterocycles. The van der Waals surface area contributed by atoms with Crippen molar-refractivity contribution >= 4 is 17.2 Å². The number of benzene rings is 1. The number of rotatable bonds is 1. The minimum Gasteiger partial charge on any atom is -0.478 e. The second-order valence-electron chi connectivity index (χ2n) is 3.61. The highest BCUT2D eigenvalue weighted by atomic mass is 19.4. The first-order valence-corrected chi connectivity index (χ1v) is 4.79. The first-order valence-electron chi connectivity index (χ1n) is 4.79. The van der Waals surface area contributed by atoms with Gasteiger partial charge in [-0.05, 0) is 18.2 Å². The molecule has 17 heavy (non-hydrogen) atoms. The van der Waals surface area contributed by atoms with Gasteiger partial charge in [-0.2, -0.15) is 13.2 Å². The van der Waals surface area contributed by atoms with Gasteiger partial charge in [-0.1, -0.05) is 0 Å². The molecule has 2 rings (SSSR count). The van der Waals surface area contributed by atoms with Gasteiger partial charge in [-0.15, -0.1) is 0 Å². The van der Waals surface area contributed by atoms with Gasteiger partial charge in [-0.3, -0.25) is 4.79 Å². The van der Waals surface area contributed by atoms with Crippen molar-refractivity contribution in [2.75, 3.05) is 17.6 Å². The standard InChI is InChI=1S/C10H9F3N2O2/c11-10(12,13)9(16)8-4-15-6-3-5(14)1-2-7(6)17-8/h1-3,8,15H,4,14H2. The van der Waals surface area contributed by atoms with Crippen LogP contribution in [0.15, 0.2) is 18.2 Å². The van der Waals surface area contributed by atoms with Crippen LogP contribution in [0.1, 0.15) is 0 Å². The number of carbonyl (C=O) groups is 1. The molecule has 1 unspecified atom stereocenters. The van der Waals surface area contributed by atoms with E-state index in [1.807, 2.05) is 0 Å². The summed E-state index contributed by atoms with van der Waals surface area (Å²) in [5, 5.41) is 2.68. The Morgan fingerprint density at radius 2 is 2.18 bits per heavy atom. The van der Waals surface area contributed by atoms with E-state index in [1.165, 1.54) is 18.2 Å². The Kier molecular flexibility index (Phi) is 2.60. The minimum absolute atomic E-state index is 0.188. The van der Waals surface area contributed by atoms with Crippen molar-refractivity contribution in [1.82, 2.24) is 0 Å². The fourth-order valence-corrected chi connectivity index (χ4v) is 1.51. The number of nitrogen functional groups attached to an aromatic ring is 1. The Balaban J connectivity index is 2.19. The van der Waals surface area contributed by atoms with Crippen LogP contribution in [0.25, 0.3) is 0 Å². The minimum atomic E-state index is -4.89. The molecule has 1 aliphatic rings. The van der Waals surface area contributed by atoms with Crippen LogP contribution in [0.5, 0.6) is 5.75 Å². The summed E-state index contributed by atoms with van der Waals surface area (Å²) in [6.07, 6.45) is -6.44. The Morgan fingerprint density at radius 1 is 1.47 bits per heavy atom. The average Bonchev–Trinajstić information content (AvgIpc) is 2.26. The Labute approximate surface area is 94.5 Å². The molecular weight excluding hydrogens is 237 g/mol. The summed E-state index contributed by atoms with van der Waals surface area (Å²) in [7, 11) is 0. The summed E-state index contributed by atoms with van der Waals surface area (Å²) in [6.45, 7) is -0.227. The van der Waals surface area contributed by atoms with Crippen molar-refractivity contribution in [1.29, 1.82) is 0 Å². The molecule has 0 fully saturated rings. The van der Waals surface area contributed by atoms with E-state index in [1.54, 1.807) is 0 Å². The van der Waals surface area contributed by atoms with Gasteiger partial charge in [0.2, 0.25) is 0 Å². The molecule has 0 amide bonds. The summed E-state index contributed by atoms with van der Waals surface area (Å²) in [6, 6.07) is 4.44. The highest BCUT2D eigenvalue weighted by Gasteiger charge is 2.45. The van der Waals surface area contributed by atoms with Gasteiger partial charge in [-0.25, -0.2) is 0 Å². The summed E-state index contributed by atoms with van der Waals surface area (Å²) in [4.78, 5) is 11.0. The SMILES string of the molecule is Nc1ccc2c(c1)NCC(C(=O)C(F)(F)F)O2.